The highest BCUT2D eigenvalue weighted by molar-refractivity contribution is 6.08. The maximum Gasteiger partial charge on any atom is 0.151 e. The summed E-state index contributed by atoms with van der Waals surface area (Å²) in [6.45, 7) is 4.51. The average molecular weight is 571 g/mol. The topological polar surface area (TPSA) is 24.9 Å². The fraction of sp³-hybridized carbons (Fsp3) is 0.100. The predicted octanol–water partition coefficient (Wildman–Crippen LogP) is 11.3. The van der Waals surface area contributed by atoms with Crippen molar-refractivity contribution in [3.63, 3.8) is 0 Å². The van der Waals surface area contributed by atoms with Gasteiger partial charge in [-0.15, -0.1) is 0 Å². The van der Waals surface area contributed by atoms with Gasteiger partial charge in [0.25, 0.3) is 0 Å². The van der Waals surface area contributed by atoms with Crippen molar-refractivity contribution in [3.05, 3.63) is 144 Å². The normalized spacial score (nSPS) is 15.0. The lowest BCUT2D eigenvalue weighted by atomic mass is 9.92. The Morgan fingerprint density at radius 3 is 1.61 bits per heavy atom. The largest absolute Gasteiger partial charge is 0.457 e. The Balaban J connectivity index is 1.21. The van der Waals surface area contributed by atoms with Gasteiger partial charge < -0.3 is 19.3 Å². The van der Waals surface area contributed by atoms with E-state index >= 15 is 0 Å². The minimum Gasteiger partial charge on any atom is -0.457 e. The smallest absolute Gasteiger partial charge is 0.151 e. The van der Waals surface area contributed by atoms with E-state index in [1.165, 1.54) is 32.7 Å². The highest BCUT2D eigenvalue weighted by Gasteiger charge is 2.29. The van der Waals surface area contributed by atoms with E-state index in [-0.39, 0.29) is 0 Å². The zero-order valence-electron chi connectivity index (χ0n) is 24.7. The Labute approximate surface area is 256 Å². The van der Waals surface area contributed by atoms with Gasteiger partial charge in [-0.1, -0.05) is 54.6 Å². The first-order chi connectivity index (χ1) is 21.7. The minimum absolute atomic E-state index is 0.862. The quantitative estimate of drug-likeness (QED) is 0.193. The summed E-state index contributed by atoms with van der Waals surface area (Å²) in [6.07, 6.45) is 6.37. The minimum atomic E-state index is 0.862. The van der Waals surface area contributed by atoms with Crippen LogP contribution in [0.25, 0.3) is 21.5 Å². The molecular weight excluding hydrogens is 540 g/mol. The fourth-order valence-electron chi connectivity index (χ4n) is 7.09. The molecule has 44 heavy (non-hydrogen) atoms. The molecule has 3 aliphatic rings. The Morgan fingerprint density at radius 1 is 0.523 bits per heavy atom. The Morgan fingerprint density at radius 2 is 1.02 bits per heavy atom. The van der Waals surface area contributed by atoms with Gasteiger partial charge in [-0.25, -0.2) is 0 Å². The van der Waals surface area contributed by atoms with E-state index in [1.54, 1.807) is 0 Å². The molecule has 0 spiro atoms. The summed E-state index contributed by atoms with van der Waals surface area (Å²) in [7, 11) is 0. The molecular formula is C40H30N2O2. The monoisotopic (exact) mass is 570 g/mol. The number of aryl methyl sites for hydroxylation is 2. The van der Waals surface area contributed by atoms with Gasteiger partial charge in [0.05, 0.1) is 22.8 Å². The number of rotatable bonds is 2. The molecule has 0 saturated carbocycles. The molecule has 0 saturated heterocycles. The Hall–Kier alpha value is -5.48. The second-order valence-corrected chi connectivity index (χ2v) is 11.7. The van der Waals surface area contributed by atoms with E-state index in [1.807, 2.05) is 30.3 Å². The van der Waals surface area contributed by atoms with Crippen LogP contribution in [0.4, 0.5) is 28.4 Å². The maximum atomic E-state index is 6.36. The molecule has 4 heteroatoms. The molecule has 0 bridgehead atoms. The van der Waals surface area contributed by atoms with Crippen LogP contribution in [0.3, 0.4) is 0 Å². The van der Waals surface area contributed by atoms with Crippen LogP contribution < -0.4 is 19.3 Å². The molecule has 0 radical (unpaired) electrons. The SMILES string of the molecule is Cc1c2ccc(N3c4ccccc4Oc4ccccc43)cc2c(C)c2ccc(N3C4=C(CCC=C4)Oc4ccccc43)cc12. The van der Waals surface area contributed by atoms with E-state index in [0.717, 1.165) is 70.0 Å². The van der Waals surface area contributed by atoms with Gasteiger partial charge in [0.2, 0.25) is 0 Å². The number of hydrogen-bond donors (Lipinski definition) is 0. The van der Waals surface area contributed by atoms with Gasteiger partial charge in [0.15, 0.2) is 17.2 Å². The molecule has 212 valence electrons. The lowest BCUT2D eigenvalue weighted by molar-refractivity contribution is 0.388. The second-order valence-electron chi connectivity index (χ2n) is 11.7. The van der Waals surface area contributed by atoms with Gasteiger partial charge in [-0.2, -0.15) is 0 Å². The van der Waals surface area contributed by atoms with Crippen LogP contribution >= 0.6 is 0 Å². The lowest BCUT2D eigenvalue weighted by Gasteiger charge is -2.35. The number of nitrogens with zero attached hydrogens (tertiary/aromatic N) is 2. The second kappa shape index (κ2) is 9.51. The summed E-state index contributed by atoms with van der Waals surface area (Å²) in [6, 6.07) is 38.6. The van der Waals surface area contributed by atoms with E-state index < -0.39 is 0 Å². The first-order valence-corrected chi connectivity index (χ1v) is 15.3. The third-order valence-electron chi connectivity index (χ3n) is 9.25. The molecule has 0 N–H and O–H groups in total. The zero-order valence-corrected chi connectivity index (χ0v) is 24.7. The van der Waals surface area contributed by atoms with Crippen molar-refractivity contribution in [2.24, 2.45) is 0 Å². The van der Waals surface area contributed by atoms with Gasteiger partial charge in [-0.3, -0.25) is 0 Å². The first-order valence-electron chi connectivity index (χ1n) is 15.3. The van der Waals surface area contributed by atoms with Crippen LogP contribution in [0.5, 0.6) is 17.2 Å². The molecule has 2 heterocycles. The maximum absolute atomic E-state index is 6.36. The number of para-hydroxylation sites is 6. The molecule has 4 nitrogen and oxygen atoms in total. The van der Waals surface area contributed by atoms with Crippen molar-refractivity contribution in [1.29, 1.82) is 0 Å². The van der Waals surface area contributed by atoms with Gasteiger partial charge in [0, 0.05) is 17.8 Å². The average Bonchev–Trinajstić information content (AvgIpc) is 3.08. The molecule has 0 atom stereocenters. The molecule has 6 aromatic carbocycles. The summed E-state index contributed by atoms with van der Waals surface area (Å²) in [5.74, 6) is 3.67. The summed E-state index contributed by atoms with van der Waals surface area (Å²) in [5, 5.41) is 5.08. The third kappa shape index (κ3) is 3.64. The molecule has 0 amide bonds. The molecule has 1 aliphatic carbocycles. The van der Waals surface area contributed by atoms with Crippen LogP contribution in [-0.2, 0) is 0 Å². The molecule has 0 aromatic heterocycles. The van der Waals surface area contributed by atoms with E-state index in [0.29, 0.717) is 0 Å². The van der Waals surface area contributed by atoms with Crippen molar-refractivity contribution in [2.75, 3.05) is 9.80 Å². The highest BCUT2D eigenvalue weighted by Crippen LogP contribution is 2.51. The Bertz CT molecular complexity index is 2180. The zero-order chi connectivity index (χ0) is 29.4. The lowest BCUT2D eigenvalue weighted by Crippen LogP contribution is -2.24. The standard InChI is InChI=1S/C40H30N2O2/c1-25-29-21-19-28(42-35-13-5-9-17-39(35)44-40-18-10-6-14-36(40)42)24-32(29)26(2)30-22-20-27(23-31(25)30)41-33-11-3-7-15-37(33)43-38-16-8-4-12-34(38)41/h3-9,11-17,19-24H,10,18H2,1-2H3. The van der Waals surface area contributed by atoms with Crippen molar-refractivity contribution in [2.45, 2.75) is 26.7 Å². The first kappa shape index (κ1) is 25.1. The van der Waals surface area contributed by atoms with Gasteiger partial charge >= 0.3 is 0 Å². The van der Waals surface area contributed by atoms with Gasteiger partial charge in [-0.05, 0) is 120 Å². The molecule has 0 unspecified atom stereocenters. The van der Waals surface area contributed by atoms with Crippen molar-refractivity contribution in [3.8, 4) is 17.2 Å². The highest BCUT2D eigenvalue weighted by atomic mass is 16.5. The molecule has 9 rings (SSSR count). The number of hydrogen-bond acceptors (Lipinski definition) is 4. The number of anilines is 5. The van der Waals surface area contributed by atoms with Crippen LogP contribution in [-0.4, -0.2) is 0 Å². The van der Waals surface area contributed by atoms with Crippen LogP contribution in [0.15, 0.2) is 133 Å². The molecule has 2 aliphatic heterocycles. The summed E-state index contributed by atoms with van der Waals surface area (Å²) >= 11 is 0. The van der Waals surface area contributed by atoms with Crippen LogP contribution in [0, 0.1) is 13.8 Å². The fourth-order valence-corrected chi connectivity index (χ4v) is 7.09. The summed E-state index contributed by atoms with van der Waals surface area (Å²) in [5.41, 5.74) is 9.11. The molecule has 0 fully saturated rings. The number of allylic oxidation sites excluding steroid dienone is 3. The Kier molecular flexibility index (Phi) is 5.42. The van der Waals surface area contributed by atoms with Crippen molar-refractivity contribution < 1.29 is 9.47 Å². The predicted molar refractivity (Wildman–Crippen MR) is 180 cm³/mol. The van der Waals surface area contributed by atoms with E-state index in [4.69, 9.17) is 9.47 Å². The summed E-state index contributed by atoms with van der Waals surface area (Å²) < 4.78 is 12.6. The number of fused-ring (bicyclic) bond motifs is 5. The van der Waals surface area contributed by atoms with Crippen LogP contribution in [0.2, 0.25) is 0 Å². The van der Waals surface area contributed by atoms with E-state index in [9.17, 15) is 0 Å². The third-order valence-corrected chi connectivity index (χ3v) is 9.25. The van der Waals surface area contributed by atoms with Gasteiger partial charge in [0.1, 0.15) is 5.76 Å². The molecule has 6 aromatic rings. The van der Waals surface area contributed by atoms with Crippen molar-refractivity contribution in [1.82, 2.24) is 0 Å². The number of benzene rings is 6. The number of ether oxygens (including phenoxy) is 2. The summed E-state index contributed by atoms with van der Waals surface area (Å²) in [4.78, 5) is 4.67. The van der Waals surface area contributed by atoms with Crippen molar-refractivity contribution >= 4 is 50.0 Å². The van der Waals surface area contributed by atoms with Crippen LogP contribution in [0.1, 0.15) is 24.0 Å². The van der Waals surface area contributed by atoms with E-state index in [2.05, 4.69) is 115 Å².